The van der Waals surface area contributed by atoms with Crippen molar-refractivity contribution in [3.8, 4) is 11.6 Å². The molecule has 0 atom stereocenters. The highest BCUT2D eigenvalue weighted by Crippen LogP contribution is 2.33. The predicted octanol–water partition coefficient (Wildman–Crippen LogP) is 3.50. The maximum absolute atomic E-state index is 11.9. The summed E-state index contributed by atoms with van der Waals surface area (Å²) in [5, 5.41) is 2.72. The Morgan fingerprint density at radius 1 is 1.24 bits per heavy atom. The molecule has 0 aliphatic carbocycles. The second-order valence-corrected chi connectivity index (χ2v) is 6.92. The molecule has 0 bridgehead atoms. The van der Waals surface area contributed by atoms with Crippen molar-refractivity contribution in [2.75, 3.05) is 23.0 Å². The van der Waals surface area contributed by atoms with E-state index < -0.39 is 11.7 Å². The van der Waals surface area contributed by atoms with Crippen LogP contribution >= 0.6 is 11.8 Å². The highest BCUT2D eigenvalue weighted by atomic mass is 32.2. The van der Waals surface area contributed by atoms with Crippen molar-refractivity contribution in [1.29, 1.82) is 0 Å². The molecule has 9 heteroatoms. The third kappa shape index (κ3) is 5.15. The van der Waals surface area contributed by atoms with E-state index in [9.17, 15) is 4.79 Å². The van der Waals surface area contributed by atoms with Crippen molar-refractivity contribution in [2.45, 2.75) is 31.3 Å². The van der Waals surface area contributed by atoms with Gasteiger partial charge in [0.05, 0.1) is 5.69 Å². The lowest BCUT2D eigenvalue weighted by molar-refractivity contribution is 0.0635. The van der Waals surface area contributed by atoms with E-state index in [0.717, 1.165) is 4.90 Å². The number of anilines is 3. The normalized spacial score (nSPS) is 11.0. The van der Waals surface area contributed by atoms with Gasteiger partial charge in [-0.25, -0.2) is 9.78 Å². The molecule has 0 radical (unpaired) electrons. The van der Waals surface area contributed by atoms with Crippen LogP contribution < -0.4 is 21.5 Å². The minimum atomic E-state index is -0.572. The van der Waals surface area contributed by atoms with Crippen molar-refractivity contribution in [3.05, 3.63) is 24.5 Å². The van der Waals surface area contributed by atoms with Crippen molar-refractivity contribution < 1.29 is 14.3 Å². The first-order chi connectivity index (χ1) is 11.7. The highest BCUT2D eigenvalue weighted by Gasteiger charge is 2.17. The van der Waals surface area contributed by atoms with Gasteiger partial charge < -0.3 is 20.9 Å². The Morgan fingerprint density at radius 2 is 1.96 bits per heavy atom. The molecule has 1 heterocycles. The predicted molar refractivity (Wildman–Crippen MR) is 99.0 cm³/mol. The first-order valence-electron chi connectivity index (χ1n) is 7.41. The Balaban J connectivity index is 2.19. The molecule has 0 saturated carbocycles. The molecular weight excluding hydrogens is 342 g/mol. The standard InChI is InChI=1S/C16H21N5O3S/c1-16(2,3)24-15(22)21-10-6-5-9(7-11(10)25-4)23-14-12(17)13(18)19-8-20-14/h5-8H,17H2,1-4H3,(H,21,22)(H2,18,19,20). The highest BCUT2D eigenvalue weighted by molar-refractivity contribution is 7.98. The number of amides is 1. The summed E-state index contributed by atoms with van der Waals surface area (Å²) in [4.78, 5) is 20.5. The molecular formula is C16H21N5O3S. The summed E-state index contributed by atoms with van der Waals surface area (Å²) in [5.74, 6) is 0.828. The summed E-state index contributed by atoms with van der Waals surface area (Å²) in [7, 11) is 0. The number of aromatic nitrogens is 2. The van der Waals surface area contributed by atoms with Gasteiger partial charge in [-0.2, -0.15) is 4.98 Å². The number of nitrogens with zero attached hydrogens (tertiary/aromatic N) is 2. The topological polar surface area (TPSA) is 125 Å². The Kier molecular flexibility index (Phi) is 5.58. The van der Waals surface area contributed by atoms with Gasteiger partial charge >= 0.3 is 6.09 Å². The average molecular weight is 363 g/mol. The summed E-state index contributed by atoms with van der Waals surface area (Å²) < 4.78 is 10.9. The van der Waals surface area contributed by atoms with E-state index in [1.54, 1.807) is 39.0 Å². The zero-order chi connectivity index (χ0) is 18.6. The number of rotatable bonds is 4. The smallest absolute Gasteiger partial charge is 0.412 e. The van der Waals surface area contributed by atoms with Gasteiger partial charge in [0.25, 0.3) is 0 Å². The Morgan fingerprint density at radius 3 is 2.60 bits per heavy atom. The zero-order valence-electron chi connectivity index (χ0n) is 14.5. The second kappa shape index (κ2) is 7.47. The van der Waals surface area contributed by atoms with Crippen LogP contribution in [0.15, 0.2) is 29.4 Å². The van der Waals surface area contributed by atoms with Crippen LogP contribution in [0, 0.1) is 0 Å². The lowest BCUT2D eigenvalue weighted by atomic mass is 10.2. The van der Waals surface area contributed by atoms with Crippen LogP contribution in [0.5, 0.6) is 11.6 Å². The minimum absolute atomic E-state index is 0.151. The van der Waals surface area contributed by atoms with E-state index in [4.69, 9.17) is 20.9 Å². The van der Waals surface area contributed by atoms with Crippen molar-refractivity contribution in [3.63, 3.8) is 0 Å². The van der Waals surface area contributed by atoms with Gasteiger partial charge in [0.2, 0.25) is 5.88 Å². The van der Waals surface area contributed by atoms with Gasteiger partial charge in [-0.1, -0.05) is 0 Å². The molecule has 8 nitrogen and oxygen atoms in total. The van der Waals surface area contributed by atoms with E-state index >= 15 is 0 Å². The quantitative estimate of drug-likeness (QED) is 0.705. The van der Waals surface area contributed by atoms with Gasteiger partial charge in [0, 0.05) is 4.90 Å². The molecule has 2 aromatic rings. The van der Waals surface area contributed by atoms with Crippen molar-refractivity contribution >= 4 is 35.0 Å². The van der Waals surface area contributed by atoms with Crippen LogP contribution in [0.25, 0.3) is 0 Å². The molecule has 1 aromatic heterocycles. The number of nitrogen functional groups attached to an aromatic ring is 2. The average Bonchev–Trinajstić information content (AvgIpc) is 2.51. The number of nitrogens with two attached hydrogens (primary N) is 2. The molecule has 2 rings (SSSR count). The fraction of sp³-hybridized carbons (Fsp3) is 0.312. The molecule has 1 aromatic carbocycles. The second-order valence-electron chi connectivity index (χ2n) is 6.07. The summed E-state index contributed by atoms with van der Waals surface area (Å²) in [6.45, 7) is 5.41. The number of carbonyl (C=O) groups excluding carboxylic acids is 1. The minimum Gasteiger partial charge on any atom is -0.444 e. The van der Waals surface area contributed by atoms with Crippen LogP contribution in [0.3, 0.4) is 0 Å². The van der Waals surface area contributed by atoms with Crippen LogP contribution in [-0.4, -0.2) is 27.9 Å². The molecule has 134 valence electrons. The SMILES string of the molecule is CSc1cc(Oc2ncnc(N)c2N)ccc1NC(=O)OC(C)(C)C. The largest absolute Gasteiger partial charge is 0.444 e. The molecule has 0 aliphatic heterocycles. The molecule has 0 unspecified atom stereocenters. The number of nitrogens with one attached hydrogen (secondary N) is 1. The summed E-state index contributed by atoms with van der Waals surface area (Å²) in [6.07, 6.45) is 2.63. The fourth-order valence-electron chi connectivity index (χ4n) is 1.84. The van der Waals surface area contributed by atoms with Gasteiger partial charge in [-0.05, 0) is 45.2 Å². The maximum atomic E-state index is 11.9. The lowest BCUT2D eigenvalue weighted by Gasteiger charge is -2.20. The summed E-state index contributed by atoms with van der Waals surface area (Å²) in [5.41, 5.74) is 11.7. The monoisotopic (exact) mass is 363 g/mol. The van der Waals surface area contributed by atoms with E-state index in [1.807, 2.05) is 6.26 Å². The third-order valence-electron chi connectivity index (χ3n) is 2.90. The zero-order valence-corrected chi connectivity index (χ0v) is 15.3. The van der Waals surface area contributed by atoms with Gasteiger partial charge in [-0.15, -0.1) is 11.8 Å². The summed E-state index contributed by atoms with van der Waals surface area (Å²) in [6, 6.07) is 5.16. The van der Waals surface area contributed by atoms with Crippen LogP contribution in [0.1, 0.15) is 20.8 Å². The molecule has 0 saturated heterocycles. The first kappa shape index (κ1) is 18.7. The molecule has 25 heavy (non-hydrogen) atoms. The first-order valence-corrected chi connectivity index (χ1v) is 8.64. The van der Waals surface area contributed by atoms with Crippen molar-refractivity contribution in [2.24, 2.45) is 0 Å². The van der Waals surface area contributed by atoms with Crippen LogP contribution in [0.4, 0.5) is 22.0 Å². The number of thioether (sulfide) groups is 1. The molecule has 0 fully saturated rings. The van der Waals surface area contributed by atoms with Gasteiger partial charge in [0.15, 0.2) is 5.82 Å². The van der Waals surface area contributed by atoms with E-state index in [1.165, 1.54) is 18.1 Å². The number of benzene rings is 1. The molecule has 1 amide bonds. The Hall–Kier alpha value is -2.68. The Labute approximate surface area is 150 Å². The van der Waals surface area contributed by atoms with Crippen LogP contribution in [-0.2, 0) is 4.74 Å². The van der Waals surface area contributed by atoms with Crippen LogP contribution in [0.2, 0.25) is 0 Å². The van der Waals surface area contributed by atoms with Gasteiger partial charge in [-0.3, -0.25) is 5.32 Å². The number of hydrogen-bond acceptors (Lipinski definition) is 8. The van der Waals surface area contributed by atoms with E-state index in [-0.39, 0.29) is 17.4 Å². The molecule has 0 spiro atoms. The third-order valence-corrected chi connectivity index (χ3v) is 3.68. The number of carbonyl (C=O) groups is 1. The summed E-state index contributed by atoms with van der Waals surface area (Å²) >= 11 is 1.45. The van der Waals surface area contributed by atoms with Gasteiger partial charge in [0.1, 0.15) is 23.4 Å². The number of hydrogen-bond donors (Lipinski definition) is 3. The van der Waals surface area contributed by atoms with Crippen molar-refractivity contribution in [1.82, 2.24) is 9.97 Å². The fourth-order valence-corrected chi connectivity index (χ4v) is 2.41. The lowest BCUT2D eigenvalue weighted by Crippen LogP contribution is -2.27. The number of ether oxygens (including phenoxy) is 2. The van der Waals surface area contributed by atoms with E-state index in [0.29, 0.717) is 11.4 Å². The van der Waals surface area contributed by atoms with E-state index in [2.05, 4.69) is 15.3 Å². The Bertz CT molecular complexity index is 777. The maximum Gasteiger partial charge on any atom is 0.412 e. The molecule has 0 aliphatic rings. The molecule has 5 N–H and O–H groups in total.